The van der Waals surface area contributed by atoms with Crippen LogP contribution in [0.5, 0.6) is 0 Å². The Morgan fingerprint density at radius 3 is 2.77 bits per heavy atom. The molecule has 0 aromatic heterocycles. The minimum absolute atomic E-state index is 0.384. The molecule has 0 radical (unpaired) electrons. The summed E-state index contributed by atoms with van der Waals surface area (Å²) < 4.78 is 4.70. The molecule has 0 atom stereocenters. The van der Waals surface area contributed by atoms with E-state index in [-0.39, 0.29) is 5.97 Å². The maximum absolute atomic E-state index is 11.5. The largest absolute Gasteiger partial charge is 0.465 e. The molecule has 2 rings (SSSR count). The first-order valence-electron chi connectivity index (χ1n) is 7.74. The van der Waals surface area contributed by atoms with Crippen LogP contribution in [0, 0.1) is 0 Å². The highest BCUT2D eigenvalue weighted by Crippen LogP contribution is 2.24. The summed E-state index contributed by atoms with van der Waals surface area (Å²) in [6.45, 7) is 0.707. The van der Waals surface area contributed by atoms with Crippen molar-refractivity contribution in [3.8, 4) is 0 Å². The Balaban J connectivity index is 1.71. The minimum Gasteiger partial charge on any atom is -0.465 e. The first kappa shape index (κ1) is 20.8. The number of hydrogen-bond acceptors (Lipinski definition) is 4. The van der Waals surface area contributed by atoms with Crippen LogP contribution in [0.25, 0.3) is 0 Å². The molecular formula is C18H18Cl2N2O2S2. The predicted molar refractivity (Wildman–Crippen MR) is 115 cm³/mol. The van der Waals surface area contributed by atoms with E-state index in [0.29, 0.717) is 27.3 Å². The highest BCUT2D eigenvalue weighted by molar-refractivity contribution is 7.98. The molecule has 0 aliphatic rings. The number of anilines is 1. The van der Waals surface area contributed by atoms with Crippen molar-refractivity contribution in [2.75, 3.05) is 24.7 Å². The molecule has 0 bridgehead atoms. The fraction of sp³-hybridized carbons (Fsp3) is 0.222. The first-order valence-corrected chi connectivity index (χ1v) is 10.1. The number of nitrogens with one attached hydrogen (secondary N) is 2. The van der Waals surface area contributed by atoms with Crippen LogP contribution in [0.1, 0.15) is 15.9 Å². The molecule has 4 nitrogen and oxygen atoms in total. The molecule has 0 amide bonds. The summed E-state index contributed by atoms with van der Waals surface area (Å²) in [4.78, 5) is 11.5. The number of hydrogen-bond donors (Lipinski definition) is 2. The van der Waals surface area contributed by atoms with E-state index >= 15 is 0 Å². The van der Waals surface area contributed by atoms with Gasteiger partial charge in [0.1, 0.15) is 0 Å². The van der Waals surface area contributed by atoms with Crippen LogP contribution in [-0.4, -0.2) is 30.5 Å². The van der Waals surface area contributed by atoms with E-state index < -0.39 is 0 Å². The van der Waals surface area contributed by atoms with Gasteiger partial charge >= 0.3 is 5.97 Å². The van der Waals surface area contributed by atoms with Crippen LogP contribution >= 0.6 is 47.2 Å². The molecule has 0 aliphatic carbocycles. The monoisotopic (exact) mass is 428 g/mol. The normalized spacial score (nSPS) is 10.3. The summed E-state index contributed by atoms with van der Waals surface area (Å²) in [5.74, 6) is 1.28. The summed E-state index contributed by atoms with van der Waals surface area (Å²) in [6.07, 6.45) is 0. The topological polar surface area (TPSA) is 50.4 Å². The second kappa shape index (κ2) is 10.6. The molecule has 0 spiro atoms. The third-order valence-electron chi connectivity index (χ3n) is 3.35. The Labute approximate surface area is 172 Å². The lowest BCUT2D eigenvalue weighted by Crippen LogP contribution is -2.30. The van der Waals surface area contributed by atoms with Crippen molar-refractivity contribution in [1.82, 2.24) is 5.32 Å². The van der Waals surface area contributed by atoms with Crippen molar-refractivity contribution in [2.45, 2.75) is 5.75 Å². The second-order valence-corrected chi connectivity index (χ2v) is 7.60. The van der Waals surface area contributed by atoms with Gasteiger partial charge in [-0.1, -0.05) is 35.3 Å². The maximum Gasteiger partial charge on any atom is 0.337 e. The number of thioether (sulfide) groups is 1. The number of rotatable bonds is 7. The van der Waals surface area contributed by atoms with Crippen molar-refractivity contribution in [3.05, 3.63) is 63.6 Å². The fourth-order valence-electron chi connectivity index (χ4n) is 2.07. The smallest absolute Gasteiger partial charge is 0.337 e. The zero-order valence-electron chi connectivity index (χ0n) is 14.1. The fourth-order valence-corrected chi connectivity index (χ4v) is 3.71. The second-order valence-electron chi connectivity index (χ2n) is 5.24. The van der Waals surface area contributed by atoms with Crippen molar-refractivity contribution >= 4 is 64.0 Å². The zero-order valence-corrected chi connectivity index (χ0v) is 17.2. The summed E-state index contributed by atoms with van der Waals surface area (Å²) in [7, 11) is 1.35. The van der Waals surface area contributed by atoms with Crippen LogP contribution in [0.4, 0.5) is 5.69 Å². The van der Waals surface area contributed by atoms with Gasteiger partial charge in [-0.25, -0.2) is 4.79 Å². The van der Waals surface area contributed by atoms with Crippen LogP contribution in [0.3, 0.4) is 0 Å². The number of ether oxygens (including phenoxy) is 1. The third kappa shape index (κ3) is 6.68. The lowest BCUT2D eigenvalue weighted by atomic mass is 10.2. The Morgan fingerprint density at radius 1 is 1.23 bits per heavy atom. The standard InChI is InChI=1S/C18H18Cl2N2O2S2/c1-24-17(23)12-3-2-4-15(9-12)22-18(25)21-7-8-26-11-13-5-6-14(19)10-16(13)20/h2-6,9-10H,7-8,11H2,1H3,(H2,21,22,25). The van der Waals surface area contributed by atoms with Gasteiger partial charge in [0.25, 0.3) is 0 Å². The molecule has 2 aromatic rings. The summed E-state index contributed by atoms with van der Waals surface area (Å²) >= 11 is 19.1. The minimum atomic E-state index is -0.384. The Kier molecular flexibility index (Phi) is 8.51. The van der Waals surface area contributed by atoms with Crippen molar-refractivity contribution < 1.29 is 9.53 Å². The summed E-state index contributed by atoms with van der Waals surface area (Å²) in [5.41, 5.74) is 2.25. The van der Waals surface area contributed by atoms with Gasteiger partial charge < -0.3 is 15.4 Å². The quantitative estimate of drug-likeness (QED) is 0.367. The maximum atomic E-state index is 11.5. The molecule has 0 unspecified atom stereocenters. The van der Waals surface area contributed by atoms with E-state index in [1.165, 1.54) is 7.11 Å². The van der Waals surface area contributed by atoms with Gasteiger partial charge in [-0.2, -0.15) is 11.8 Å². The van der Waals surface area contributed by atoms with E-state index in [9.17, 15) is 4.79 Å². The van der Waals surface area contributed by atoms with Gasteiger partial charge in [0.15, 0.2) is 5.11 Å². The van der Waals surface area contributed by atoms with E-state index in [1.54, 1.807) is 36.0 Å². The molecule has 26 heavy (non-hydrogen) atoms. The molecule has 2 N–H and O–H groups in total. The number of carbonyl (C=O) groups excluding carboxylic acids is 1. The average molecular weight is 429 g/mol. The summed E-state index contributed by atoms with van der Waals surface area (Å²) in [6, 6.07) is 12.5. The van der Waals surface area contributed by atoms with Crippen molar-refractivity contribution in [2.24, 2.45) is 0 Å². The van der Waals surface area contributed by atoms with Gasteiger partial charge in [0, 0.05) is 33.8 Å². The molecule has 0 fully saturated rings. The van der Waals surface area contributed by atoms with Gasteiger partial charge in [-0.05, 0) is 48.1 Å². The molecule has 0 heterocycles. The van der Waals surface area contributed by atoms with Crippen LogP contribution in [-0.2, 0) is 10.5 Å². The van der Waals surface area contributed by atoms with Gasteiger partial charge in [0.05, 0.1) is 12.7 Å². The van der Waals surface area contributed by atoms with Crippen molar-refractivity contribution in [1.29, 1.82) is 0 Å². The highest BCUT2D eigenvalue weighted by Gasteiger charge is 2.06. The molecule has 8 heteroatoms. The lowest BCUT2D eigenvalue weighted by Gasteiger charge is -2.11. The molecule has 2 aromatic carbocycles. The molecule has 138 valence electrons. The Hall–Kier alpha value is -1.47. The number of esters is 1. The van der Waals surface area contributed by atoms with Crippen LogP contribution < -0.4 is 10.6 Å². The lowest BCUT2D eigenvalue weighted by molar-refractivity contribution is 0.0601. The SMILES string of the molecule is COC(=O)c1cccc(NC(=S)NCCSCc2ccc(Cl)cc2Cl)c1. The predicted octanol–water partition coefficient (Wildman–Crippen LogP) is 5.00. The Bertz CT molecular complexity index is 788. The van der Waals surface area contributed by atoms with Gasteiger partial charge in [-0.15, -0.1) is 0 Å². The molecule has 0 saturated carbocycles. The number of methoxy groups -OCH3 is 1. The average Bonchev–Trinajstić information content (AvgIpc) is 2.62. The van der Waals surface area contributed by atoms with Gasteiger partial charge in [0.2, 0.25) is 0 Å². The molecular weight excluding hydrogens is 411 g/mol. The molecule has 0 aliphatic heterocycles. The zero-order chi connectivity index (χ0) is 18.9. The first-order chi connectivity index (χ1) is 12.5. The Morgan fingerprint density at radius 2 is 2.04 bits per heavy atom. The highest BCUT2D eigenvalue weighted by atomic mass is 35.5. The summed E-state index contributed by atoms with van der Waals surface area (Å²) in [5, 5.41) is 8.00. The van der Waals surface area contributed by atoms with Gasteiger partial charge in [-0.3, -0.25) is 0 Å². The number of benzene rings is 2. The third-order valence-corrected chi connectivity index (χ3v) is 5.19. The van der Waals surface area contributed by atoms with Crippen molar-refractivity contribution in [3.63, 3.8) is 0 Å². The molecule has 0 saturated heterocycles. The number of halogens is 2. The van der Waals surface area contributed by atoms with E-state index in [1.807, 2.05) is 18.2 Å². The number of carbonyl (C=O) groups is 1. The van der Waals surface area contributed by atoms with Crippen LogP contribution in [0.15, 0.2) is 42.5 Å². The van der Waals surface area contributed by atoms with E-state index in [0.717, 1.165) is 22.8 Å². The van der Waals surface area contributed by atoms with E-state index in [2.05, 4.69) is 10.6 Å². The van der Waals surface area contributed by atoms with E-state index in [4.69, 9.17) is 40.2 Å². The number of thiocarbonyl (C=S) groups is 1. The van der Waals surface area contributed by atoms with Crippen LogP contribution in [0.2, 0.25) is 10.0 Å².